The summed E-state index contributed by atoms with van der Waals surface area (Å²) < 4.78 is 12.0. The van der Waals surface area contributed by atoms with E-state index in [2.05, 4.69) is 0 Å². The van der Waals surface area contributed by atoms with Gasteiger partial charge in [0.25, 0.3) is 5.91 Å². The maximum absolute atomic E-state index is 12.9. The molecule has 1 heterocycles. The minimum absolute atomic E-state index is 0.106. The van der Waals surface area contributed by atoms with Gasteiger partial charge in [-0.25, -0.2) is 0 Å². The lowest BCUT2D eigenvalue weighted by Crippen LogP contribution is -2.27. The number of carbonyl (C=O) groups is 1. The molecule has 4 rings (SSSR count). The number of hydrogen-bond acceptors (Lipinski definition) is 5. The molecule has 0 aromatic heterocycles. The number of halogens is 2. The fourth-order valence-electron chi connectivity index (χ4n) is 3.24. The fraction of sp³-hybridized carbons (Fsp3) is 0.120. The van der Waals surface area contributed by atoms with Crippen molar-refractivity contribution in [3.8, 4) is 11.5 Å². The number of carbonyl (C=O) groups excluding carboxylic acids is 1. The van der Waals surface area contributed by atoms with Gasteiger partial charge in [0, 0.05) is 15.6 Å². The number of methoxy groups -OCH3 is 1. The number of thiocarbonyl (C=S) groups is 1. The number of amides is 1. The first-order valence-electron chi connectivity index (χ1n) is 9.98. The molecule has 1 saturated heterocycles. The first-order valence-corrected chi connectivity index (χ1v) is 12.0. The number of thioether (sulfide) groups is 1. The summed E-state index contributed by atoms with van der Waals surface area (Å²) in [5.41, 5.74) is 2.65. The van der Waals surface area contributed by atoms with Gasteiger partial charge in [0.1, 0.15) is 10.9 Å². The first-order chi connectivity index (χ1) is 15.9. The fourth-order valence-corrected chi connectivity index (χ4v) is 4.96. The quantitative estimate of drug-likeness (QED) is 0.250. The maximum atomic E-state index is 12.9. The highest BCUT2D eigenvalue weighted by Crippen LogP contribution is 2.36. The van der Waals surface area contributed by atoms with Crippen LogP contribution in [0.25, 0.3) is 6.08 Å². The van der Waals surface area contributed by atoms with Crippen molar-refractivity contribution in [1.29, 1.82) is 0 Å². The average Bonchev–Trinajstić information content (AvgIpc) is 3.07. The molecule has 0 spiro atoms. The van der Waals surface area contributed by atoms with E-state index >= 15 is 0 Å². The van der Waals surface area contributed by atoms with Crippen molar-refractivity contribution >= 4 is 63.5 Å². The number of benzene rings is 3. The summed E-state index contributed by atoms with van der Waals surface area (Å²) in [7, 11) is 1.57. The Labute approximate surface area is 212 Å². The van der Waals surface area contributed by atoms with Gasteiger partial charge in [-0.1, -0.05) is 89.6 Å². The van der Waals surface area contributed by atoms with Crippen LogP contribution in [-0.4, -0.2) is 22.2 Å². The molecule has 3 aromatic carbocycles. The lowest BCUT2D eigenvalue weighted by Gasteiger charge is -2.14. The summed E-state index contributed by atoms with van der Waals surface area (Å²) in [5, 5.41) is 1.11. The lowest BCUT2D eigenvalue weighted by molar-refractivity contribution is -0.122. The summed E-state index contributed by atoms with van der Waals surface area (Å²) >= 11 is 18.9. The molecule has 0 atom stereocenters. The predicted octanol–water partition coefficient (Wildman–Crippen LogP) is 6.98. The molecule has 33 heavy (non-hydrogen) atoms. The third kappa shape index (κ3) is 5.71. The molecule has 1 aliphatic rings. The molecule has 1 fully saturated rings. The van der Waals surface area contributed by atoms with Crippen molar-refractivity contribution in [2.75, 3.05) is 7.11 Å². The second-order valence-electron chi connectivity index (χ2n) is 7.19. The molecule has 168 valence electrons. The molecule has 0 N–H and O–H groups in total. The van der Waals surface area contributed by atoms with Crippen LogP contribution in [0, 0.1) is 0 Å². The second-order valence-corrected chi connectivity index (χ2v) is 9.71. The van der Waals surface area contributed by atoms with Crippen molar-refractivity contribution < 1.29 is 14.3 Å². The Morgan fingerprint density at radius 3 is 2.55 bits per heavy atom. The minimum atomic E-state index is -0.106. The molecule has 0 bridgehead atoms. The van der Waals surface area contributed by atoms with Crippen LogP contribution in [0.5, 0.6) is 11.5 Å². The summed E-state index contributed by atoms with van der Waals surface area (Å²) in [6.45, 7) is 0.718. The van der Waals surface area contributed by atoms with Crippen LogP contribution in [0.2, 0.25) is 10.0 Å². The standard InChI is InChI=1S/C25H19Cl2NO3S2/c1-30-22-11-17(7-10-21(22)31-15-18-8-9-19(26)13-20(18)27)12-23-24(29)28(25(32)33-23)14-16-5-3-2-4-6-16/h2-13H,14-15H2,1H3/b23-12+. The maximum Gasteiger partial charge on any atom is 0.266 e. The molecule has 0 saturated carbocycles. The van der Waals surface area contributed by atoms with Gasteiger partial charge in [0.15, 0.2) is 11.5 Å². The smallest absolute Gasteiger partial charge is 0.266 e. The van der Waals surface area contributed by atoms with Gasteiger partial charge in [0.2, 0.25) is 0 Å². The largest absolute Gasteiger partial charge is 0.493 e. The van der Waals surface area contributed by atoms with Crippen molar-refractivity contribution in [3.05, 3.63) is 98.4 Å². The van der Waals surface area contributed by atoms with E-state index in [1.807, 2.05) is 54.6 Å². The molecular formula is C25H19Cl2NO3S2. The summed E-state index contributed by atoms with van der Waals surface area (Å²) in [6.07, 6.45) is 1.81. The third-order valence-electron chi connectivity index (χ3n) is 4.94. The van der Waals surface area contributed by atoms with Crippen LogP contribution < -0.4 is 9.47 Å². The Morgan fingerprint density at radius 1 is 1.03 bits per heavy atom. The number of ether oxygens (including phenoxy) is 2. The van der Waals surface area contributed by atoms with Gasteiger partial charge in [-0.15, -0.1) is 0 Å². The molecule has 0 radical (unpaired) electrons. The van der Waals surface area contributed by atoms with Crippen LogP contribution in [-0.2, 0) is 17.9 Å². The molecule has 1 amide bonds. The summed E-state index contributed by atoms with van der Waals surface area (Å²) in [4.78, 5) is 15.1. The summed E-state index contributed by atoms with van der Waals surface area (Å²) in [6, 6.07) is 20.5. The molecule has 4 nitrogen and oxygen atoms in total. The molecule has 1 aliphatic heterocycles. The second kappa shape index (κ2) is 10.6. The van der Waals surface area contributed by atoms with E-state index in [0.29, 0.717) is 37.3 Å². The van der Waals surface area contributed by atoms with Crippen LogP contribution >= 0.6 is 47.2 Å². The number of hydrogen-bond donors (Lipinski definition) is 0. The number of rotatable bonds is 7. The lowest BCUT2D eigenvalue weighted by atomic mass is 10.1. The summed E-state index contributed by atoms with van der Waals surface area (Å²) in [5.74, 6) is 1.01. The zero-order chi connectivity index (χ0) is 23.4. The van der Waals surface area contributed by atoms with Crippen molar-refractivity contribution in [2.24, 2.45) is 0 Å². The number of nitrogens with zero attached hydrogens (tertiary/aromatic N) is 1. The van der Waals surface area contributed by atoms with E-state index in [9.17, 15) is 4.79 Å². The highest BCUT2D eigenvalue weighted by atomic mass is 35.5. The topological polar surface area (TPSA) is 38.8 Å². The van der Waals surface area contributed by atoms with Crippen molar-refractivity contribution in [2.45, 2.75) is 13.2 Å². The highest BCUT2D eigenvalue weighted by molar-refractivity contribution is 8.26. The molecule has 3 aromatic rings. The molecule has 0 unspecified atom stereocenters. The monoisotopic (exact) mass is 515 g/mol. The average molecular weight is 516 g/mol. The van der Waals surface area contributed by atoms with Gasteiger partial charge >= 0.3 is 0 Å². The Kier molecular flexibility index (Phi) is 7.60. The van der Waals surface area contributed by atoms with E-state index in [-0.39, 0.29) is 12.5 Å². The van der Waals surface area contributed by atoms with Crippen LogP contribution in [0.15, 0.2) is 71.6 Å². The Hall–Kier alpha value is -2.51. The zero-order valence-electron chi connectivity index (χ0n) is 17.6. The van der Waals surface area contributed by atoms with Crippen LogP contribution in [0.1, 0.15) is 16.7 Å². The van der Waals surface area contributed by atoms with Gasteiger partial charge in [-0.2, -0.15) is 0 Å². The first kappa shape index (κ1) is 23.6. The SMILES string of the molecule is COc1cc(/C=C2/SC(=S)N(Cc3ccccc3)C2=O)ccc1OCc1ccc(Cl)cc1Cl. The van der Waals surface area contributed by atoms with Crippen LogP contribution in [0.4, 0.5) is 0 Å². The van der Waals surface area contributed by atoms with E-state index in [4.69, 9.17) is 44.9 Å². The van der Waals surface area contributed by atoms with Gasteiger partial charge in [-0.3, -0.25) is 9.69 Å². The van der Waals surface area contributed by atoms with Crippen molar-refractivity contribution in [1.82, 2.24) is 4.90 Å². The Balaban J connectivity index is 1.49. The molecule has 0 aliphatic carbocycles. The minimum Gasteiger partial charge on any atom is -0.493 e. The zero-order valence-corrected chi connectivity index (χ0v) is 20.7. The van der Waals surface area contributed by atoms with E-state index in [1.54, 1.807) is 30.2 Å². The highest BCUT2D eigenvalue weighted by Gasteiger charge is 2.32. The third-order valence-corrected chi connectivity index (χ3v) is 6.91. The van der Waals surface area contributed by atoms with E-state index < -0.39 is 0 Å². The normalized spacial score (nSPS) is 14.8. The molecule has 8 heteroatoms. The Morgan fingerprint density at radius 2 is 1.82 bits per heavy atom. The van der Waals surface area contributed by atoms with E-state index in [1.165, 1.54) is 11.8 Å². The van der Waals surface area contributed by atoms with Gasteiger partial charge in [0.05, 0.1) is 18.6 Å². The van der Waals surface area contributed by atoms with Gasteiger partial charge < -0.3 is 9.47 Å². The van der Waals surface area contributed by atoms with E-state index in [0.717, 1.165) is 16.7 Å². The molecular weight excluding hydrogens is 497 g/mol. The van der Waals surface area contributed by atoms with Crippen molar-refractivity contribution in [3.63, 3.8) is 0 Å². The Bertz CT molecular complexity index is 1230. The van der Waals surface area contributed by atoms with Crippen LogP contribution in [0.3, 0.4) is 0 Å². The van der Waals surface area contributed by atoms with Gasteiger partial charge in [-0.05, 0) is 41.5 Å². The predicted molar refractivity (Wildman–Crippen MR) is 139 cm³/mol.